The van der Waals surface area contributed by atoms with Gasteiger partial charge < -0.3 is 5.32 Å². The van der Waals surface area contributed by atoms with E-state index in [1.165, 1.54) is 24.3 Å². The van der Waals surface area contributed by atoms with Gasteiger partial charge in [-0.05, 0) is 66.7 Å². The summed E-state index contributed by atoms with van der Waals surface area (Å²) in [6.45, 7) is 0. The number of hydrazine groups is 1. The molecule has 0 atom stereocenters. The number of sulfonamides is 1. The van der Waals surface area contributed by atoms with Crippen molar-refractivity contribution in [2.24, 2.45) is 0 Å². The van der Waals surface area contributed by atoms with Crippen LogP contribution in [0.5, 0.6) is 0 Å². The third kappa shape index (κ3) is 8.85. The second-order valence-electron chi connectivity index (χ2n) is 9.15. The molecule has 0 fully saturated rings. The number of hydrogen-bond donors (Lipinski definition) is 4. The number of halogens is 3. The van der Waals surface area contributed by atoms with E-state index in [1.54, 1.807) is 36.4 Å². The number of anilines is 2. The number of thioether (sulfide) groups is 1. The van der Waals surface area contributed by atoms with E-state index in [-0.39, 0.29) is 28.5 Å². The fraction of sp³-hybridized carbons (Fsp3) is 0.0667. The van der Waals surface area contributed by atoms with Gasteiger partial charge in [0.2, 0.25) is 5.91 Å². The third-order valence-electron chi connectivity index (χ3n) is 5.90. The average Bonchev–Trinajstić information content (AvgIpc) is 3.02. The van der Waals surface area contributed by atoms with E-state index in [9.17, 15) is 36.0 Å². The van der Waals surface area contributed by atoms with Gasteiger partial charge in [-0.2, -0.15) is 18.4 Å². The lowest BCUT2D eigenvalue weighted by atomic mass is 10.2. The van der Waals surface area contributed by atoms with Crippen molar-refractivity contribution >= 4 is 50.9 Å². The van der Waals surface area contributed by atoms with Crippen LogP contribution in [0.2, 0.25) is 0 Å². The highest BCUT2D eigenvalue weighted by atomic mass is 32.2. The van der Waals surface area contributed by atoms with Crippen LogP contribution in [0.1, 0.15) is 31.8 Å². The first kappa shape index (κ1) is 32.6. The first-order valence-electron chi connectivity index (χ1n) is 12.8. The molecule has 0 saturated carbocycles. The molecule has 0 aromatic heterocycles. The number of nitrogens with one attached hydrogen (secondary N) is 4. The van der Waals surface area contributed by atoms with Gasteiger partial charge in [-0.15, -0.1) is 11.8 Å². The van der Waals surface area contributed by atoms with Crippen molar-refractivity contribution in [2.45, 2.75) is 16.0 Å². The van der Waals surface area contributed by atoms with E-state index in [0.717, 1.165) is 42.1 Å². The monoisotopic (exact) mass is 653 g/mol. The smallest absolute Gasteiger partial charge is 0.325 e. The van der Waals surface area contributed by atoms with Crippen molar-refractivity contribution < 1.29 is 36.0 Å². The van der Waals surface area contributed by atoms with Gasteiger partial charge in [-0.25, -0.2) is 8.42 Å². The number of carbonyl (C=O) groups is 3. The van der Waals surface area contributed by atoms with Crippen LogP contribution in [0.25, 0.3) is 0 Å². The topological polar surface area (TPSA) is 157 Å². The Labute approximate surface area is 259 Å². The molecule has 0 saturated heterocycles. The Morgan fingerprint density at radius 3 is 2.24 bits per heavy atom. The molecule has 15 heteroatoms. The summed E-state index contributed by atoms with van der Waals surface area (Å²) < 4.78 is 66.8. The number of nitriles is 1. The van der Waals surface area contributed by atoms with Crippen LogP contribution >= 0.6 is 11.8 Å². The highest BCUT2D eigenvalue weighted by Crippen LogP contribution is 2.31. The zero-order valence-electron chi connectivity index (χ0n) is 22.9. The predicted octanol–water partition coefficient (Wildman–Crippen LogP) is 5.18. The molecule has 10 nitrogen and oxygen atoms in total. The molecule has 0 bridgehead atoms. The van der Waals surface area contributed by atoms with Crippen LogP contribution < -0.4 is 20.9 Å². The zero-order chi connectivity index (χ0) is 32.6. The van der Waals surface area contributed by atoms with E-state index in [4.69, 9.17) is 5.26 Å². The molecule has 4 N–H and O–H groups in total. The molecular weight excluding hydrogens is 631 g/mol. The van der Waals surface area contributed by atoms with Gasteiger partial charge >= 0.3 is 6.18 Å². The second kappa shape index (κ2) is 14.0. The summed E-state index contributed by atoms with van der Waals surface area (Å²) in [5, 5.41) is 11.7. The maximum absolute atomic E-state index is 13.0. The quantitative estimate of drug-likeness (QED) is 0.143. The van der Waals surface area contributed by atoms with Crippen molar-refractivity contribution in [1.82, 2.24) is 10.9 Å². The number of hydrogen-bond acceptors (Lipinski definition) is 7. The number of rotatable bonds is 9. The van der Waals surface area contributed by atoms with Crippen molar-refractivity contribution in [3.05, 3.63) is 119 Å². The van der Waals surface area contributed by atoms with Crippen molar-refractivity contribution in [2.75, 3.05) is 15.8 Å². The Morgan fingerprint density at radius 2 is 1.49 bits per heavy atom. The summed E-state index contributed by atoms with van der Waals surface area (Å²) in [7, 11) is -4.38. The number of benzene rings is 4. The highest BCUT2D eigenvalue weighted by molar-refractivity contribution is 8.00. The molecule has 230 valence electrons. The minimum absolute atomic E-state index is 0.0662. The SMILES string of the molecule is N#Cc1cccc(NC(=O)CSc2ccccc2C(=O)NNC(=O)c2cccc(S(=O)(=O)Nc3cccc(C(F)(F)F)c3)c2)c1. The summed E-state index contributed by atoms with van der Waals surface area (Å²) in [4.78, 5) is 38.1. The van der Waals surface area contributed by atoms with Crippen molar-refractivity contribution in [3.63, 3.8) is 0 Å². The average molecular weight is 654 g/mol. The summed E-state index contributed by atoms with van der Waals surface area (Å²) >= 11 is 1.06. The van der Waals surface area contributed by atoms with Gasteiger partial charge in [-0.3, -0.25) is 30.0 Å². The number of amides is 3. The number of alkyl halides is 3. The second-order valence-corrected chi connectivity index (χ2v) is 11.8. The standard InChI is InChI=1S/C30H22F3N5O5S2/c31-30(32,33)21-8-5-10-23(16-21)38-45(42,43)24-11-4-7-20(15-24)28(40)36-37-29(41)25-12-1-2-13-26(25)44-18-27(39)35-22-9-3-6-19(14-22)17-34/h1-16,38H,18H2,(H,35,39)(H,36,40)(H,37,41). The molecule has 3 amide bonds. The van der Waals surface area contributed by atoms with Crippen LogP contribution in [-0.2, 0) is 21.0 Å². The molecule has 4 aromatic rings. The molecule has 4 aromatic carbocycles. The summed E-state index contributed by atoms with van der Waals surface area (Å²) in [5.41, 5.74) is 3.86. The largest absolute Gasteiger partial charge is 0.416 e. The Morgan fingerprint density at radius 1 is 0.800 bits per heavy atom. The highest BCUT2D eigenvalue weighted by Gasteiger charge is 2.31. The molecule has 0 aliphatic heterocycles. The lowest BCUT2D eigenvalue weighted by Crippen LogP contribution is -2.41. The van der Waals surface area contributed by atoms with Crippen LogP contribution in [0, 0.1) is 11.3 Å². The molecular formula is C30H22F3N5O5S2. The zero-order valence-corrected chi connectivity index (χ0v) is 24.5. The molecule has 0 aliphatic rings. The Kier molecular flexibility index (Phi) is 10.1. The Balaban J connectivity index is 1.37. The first-order valence-corrected chi connectivity index (χ1v) is 15.3. The lowest BCUT2D eigenvalue weighted by Gasteiger charge is -2.13. The maximum atomic E-state index is 13.0. The summed E-state index contributed by atoms with van der Waals surface area (Å²) in [6.07, 6.45) is -4.68. The molecule has 45 heavy (non-hydrogen) atoms. The Bertz CT molecular complexity index is 1910. The van der Waals surface area contributed by atoms with E-state index in [0.29, 0.717) is 22.2 Å². The van der Waals surface area contributed by atoms with Crippen molar-refractivity contribution in [3.8, 4) is 6.07 Å². The van der Waals surface area contributed by atoms with Gasteiger partial charge in [0.1, 0.15) is 0 Å². The fourth-order valence-corrected chi connectivity index (χ4v) is 5.76. The molecule has 0 radical (unpaired) electrons. The van der Waals surface area contributed by atoms with Gasteiger partial charge in [0.15, 0.2) is 0 Å². The first-order chi connectivity index (χ1) is 21.4. The van der Waals surface area contributed by atoms with Gasteiger partial charge in [-0.1, -0.05) is 30.3 Å². The predicted molar refractivity (Wildman–Crippen MR) is 161 cm³/mol. The Hall–Kier alpha value is -5.33. The van der Waals surface area contributed by atoms with Crippen LogP contribution in [0.15, 0.2) is 107 Å². The molecule has 4 rings (SSSR count). The van der Waals surface area contributed by atoms with Gasteiger partial charge in [0.05, 0.1) is 33.4 Å². The lowest BCUT2D eigenvalue weighted by molar-refractivity contribution is -0.137. The minimum Gasteiger partial charge on any atom is -0.325 e. The summed E-state index contributed by atoms with van der Waals surface area (Å²) in [6, 6.07) is 23.0. The van der Waals surface area contributed by atoms with E-state index < -0.39 is 38.5 Å². The van der Waals surface area contributed by atoms with Gasteiger partial charge in [0.25, 0.3) is 21.8 Å². The number of carbonyl (C=O) groups excluding carboxylic acids is 3. The van der Waals surface area contributed by atoms with Crippen LogP contribution in [-0.4, -0.2) is 31.9 Å². The van der Waals surface area contributed by atoms with Crippen LogP contribution in [0.4, 0.5) is 24.5 Å². The fourth-order valence-electron chi connectivity index (χ4n) is 3.82. The minimum atomic E-state index is -4.68. The molecule has 0 spiro atoms. The van der Waals surface area contributed by atoms with E-state index in [2.05, 4.69) is 20.9 Å². The summed E-state index contributed by atoms with van der Waals surface area (Å²) in [5.74, 6) is -2.04. The van der Waals surface area contributed by atoms with Gasteiger partial charge in [0, 0.05) is 21.8 Å². The molecule has 0 unspecified atom stereocenters. The normalized spacial score (nSPS) is 11.2. The third-order valence-corrected chi connectivity index (χ3v) is 8.36. The van der Waals surface area contributed by atoms with Crippen LogP contribution in [0.3, 0.4) is 0 Å². The molecule has 0 aliphatic carbocycles. The van der Waals surface area contributed by atoms with Crippen molar-refractivity contribution in [1.29, 1.82) is 5.26 Å². The maximum Gasteiger partial charge on any atom is 0.416 e. The molecule has 0 heterocycles. The van der Waals surface area contributed by atoms with E-state index in [1.807, 2.05) is 6.07 Å². The number of nitrogens with zero attached hydrogens (tertiary/aromatic N) is 1. The van der Waals surface area contributed by atoms with E-state index >= 15 is 0 Å².